The molecule has 0 fully saturated rings. The zero-order valence-corrected chi connectivity index (χ0v) is 27.6. The van der Waals surface area contributed by atoms with Crippen LogP contribution in [0.25, 0.3) is 0 Å². The van der Waals surface area contributed by atoms with Gasteiger partial charge in [0.25, 0.3) is 0 Å². The van der Waals surface area contributed by atoms with Crippen molar-refractivity contribution in [3.05, 3.63) is 190 Å². The van der Waals surface area contributed by atoms with E-state index in [0.717, 1.165) is 22.3 Å². The maximum atomic E-state index is 11.3. The standard InChI is InChI=1S/C21H17ClO3.C20H17ClO2/c22-20-11-18(24-14-16-7-3-1-4-8-16)12-21(19(20)13-23)25-15-17-9-5-2-6-10-17;21-18-11-19(22-14-16-7-3-1-4-8-16)13-20(12-18)23-15-17-9-5-2-6-10-17/h1-13H,14-15H2;1-13H,14-15H2. The largest absolute Gasteiger partial charge is 0.489 e. The number of hydrogen-bond acceptors (Lipinski definition) is 5. The molecular weight excluding hydrogens is 643 g/mol. The molecule has 0 atom stereocenters. The Balaban J connectivity index is 0.000000188. The van der Waals surface area contributed by atoms with E-state index in [1.807, 2.05) is 127 Å². The van der Waals surface area contributed by atoms with Crippen molar-refractivity contribution >= 4 is 29.5 Å². The molecule has 6 aromatic carbocycles. The van der Waals surface area contributed by atoms with Crippen LogP contribution < -0.4 is 18.9 Å². The van der Waals surface area contributed by atoms with E-state index in [9.17, 15) is 4.79 Å². The van der Waals surface area contributed by atoms with Crippen molar-refractivity contribution in [2.24, 2.45) is 0 Å². The summed E-state index contributed by atoms with van der Waals surface area (Å²) in [5, 5.41) is 0.905. The van der Waals surface area contributed by atoms with Gasteiger partial charge in [-0.1, -0.05) is 145 Å². The molecule has 0 amide bonds. The minimum atomic E-state index is 0.309. The molecule has 6 aromatic rings. The second-order valence-corrected chi connectivity index (χ2v) is 11.5. The Labute approximate surface area is 291 Å². The number of aldehydes is 1. The smallest absolute Gasteiger partial charge is 0.155 e. The molecule has 0 N–H and O–H groups in total. The molecule has 0 saturated heterocycles. The van der Waals surface area contributed by atoms with Crippen molar-refractivity contribution in [3.8, 4) is 23.0 Å². The highest BCUT2D eigenvalue weighted by Gasteiger charge is 2.12. The van der Waals surface area contributed by atoms with Gasteiger partial charge in [-0.3, -0.25) is 4.79 Å². The summed E-state index contributed by atoms with van der Waals surface area (Å²) in [7, 11) is 0. The Kier molecular flexibility index (Phi) is 12.9. The molecule has 0 saturated carbocycles. The van der Waals surface area contributed by atoms with Crippen LogP contribution in [-0.4, -0.2) is 6.29 Å². The van der Waals surface area contributed by atoms with Crippen LogP contribution in [-0.2, 0) is 26.4 Å². The first-order valence-corrected chi connectivity index (χ1v) is 16.1. The summed E-state index contributed by atoms with van der Waals surface area (Å²) in [6, 6.07) is 48.3. The van der Waals surface area contributed by atoms with Gasteiger partial charge in [-0.2, -0.15) is 0 Å². The van der Waals surface area contributed by atoms with Crippen LogP contribution in [0.2, 0.25) is 10.0 Å². The molecule has 0 aromatic heterocycles. The van der Waals surface area contributed by atoms with E-state index < -0.39 is 0 Å². The first kappa shape index (κ1) is 34.1. The van der Waals surface area contributed by atoms with Gasteiger partial charge in [0, 0.05) is 17.2 Å². The summed E-state index contributed by atoms with van der Waals surface area (Å²) in [6.07, 6.45) is 0.698. The van der Waals surface area contributed by atoms with Crippen LogP contribution in [0.5, 0.6) is 23.0 Å². The fraction of sp³-hybridized carbons (Fsp3) is 0.0976. The highest BCUT2D eigenvalue weighted by Crippen LogP contribution is 2.32. The molecular formula is C41H34Cl2O5. The van der Waals surface area contributed by atoms with E-state index in [1.165, 1.54) is 0 Å². The fourth-order valence-electron chi connectivity index (χ4n) is 4.55. The van der Waals surface area contributed by atoms with Crippen LogP contribution >= 0.6 is 23.2 Å². The van der Waals surface area contributed by atoms with E-state index in [-0.39, 0.29) is 0 Å². The van der Waals surface area contributed by atoms with Crippen molar-refractivity contribution < 1.29 is 23.7 Å². The summed E-state index contributed by atoms with van der Waals surface area (Å²) in [5.74, 6) is 2.37. The second kappa shape index (κ2) is 18.2. The van der Waals surface area contributed by atoms with Gasteiger partial charge in [-0.25, -0.2) is 0 Å². The Morgan fingerprint density at radius 1 is 0.438 bits per heavy atom. The van der Waals surface area contributed by atoms with Crippen molar-refractivity contribution in [1.82, 2.24) is 0 Å². The van der Waals surface area contributed by atoms with Crippen molar-refractivity contribution in [2.75, 3.05) is 0 Å². The Morgan fingerprint density at radius 3 is 1.17 bits per heavy atom. The molecule has 0 bridgehead atoms. The van der Waals surface area contributed by atoms with Gasteiger partial charge in [-0.05, 0) is 40.5 Å². The Bertz CT molecular complexity index is 1790. The molecule has 0 unspecified atom stereocenters. The molecule has 48 heavy (non-hydrogen) atoms. The summed E-state index contributed by atoms with van der Waals surface area (Å²) >= 11 is 12.4. The summed E-state index contributed by atoms with van der Waals surface area (Å²) in [6.45, 7) is 1.76. The van der Waals surface area contributed by atoms with E-state index in [1.54, 1.807) is 24.3 Å². The van der Waals surface area contributed by atoms with E-state index in [2.05, 4.69) is 0 Å². The zero-order chi connectivity index (χ0) is 33.4. The molecule has 6 rings (SSSR count). The lowest BCUT2D eigenvalue weighted by Crippen LogP contribution is -2.01. The summed E-state index contributed by atoms with van der Waals surface area (Å²) in [5.41, 5.74) is 4.60. The normalized spacial score (nSPS) is 10.3. The number of rotatable bonds is 13. The van der Waals surface area contributed by atoms with Gasteiger partial charge in [0.2, 0.25) is 0 Å². The summed E-state index contributed by atoms with van der Waals surface area (Å²) in [4.78, 5) is 11.3. The lowest BCUT2D eigenvalue weighted by Gasteiger charge is -2.13. The number of ether oxygens (including phenoxy) is 4. The monoisotopic (exact) mass is 676 g/mol. The summed E-state index contributed by atoms with van der Waals surface area (Å²) < 4.78 is 23.2. The molecule has 0 aliphatic rings. The quantitative estimate of drug-likeness (QED) is 0.114. The zero-order valence-electron chi connectivity index (χ0n) is 26.1. The molecule has 0 spiro atoms. The first-order chi connectivity index (χ1) is 23.6. The van der Waals surface area contributed by atoms with Gasteiger partial charge in [0.05, 0.1) is 10.6 Å². The average molecular weight is 678 g/mol. The van der Waals surface area contributed by atoms with Gasteiger partial charge < -0.3 is 18.9 Å². The number of benzene rings is 6. The van der Waals surface area contributed by atoms with Crippen molar-refractivity contribution in [2.45, 2.75) is 26.4 Å². The van der Waals surface area contributed by atoms with E-state index in [4.69, 9.17) is 42.1 Å². The lowest BCUT2D eigenvalue weighted by molar-refractivity contribution is 0.111. The van der Waals surface area contributed by atoms with Gasteiger partial charge in [0.1, 0.15) is 49.4 Å². The minimum Gasteiger partial charge on any atom is -0.489 e. The number of carbonyl (C=O) groups excluding carboxylic acids is 1. The Hall–Kier alpha value is -5.23. The molecule has 0 aliphatic heterocycles. The third-order valence-electron chi connectivity index (χ3n) is 7.01. The van der Waals surface area contributed by atoms with Crippen molar-refractivity contribution in [3.63, 3.8) is 0 Å². The van der Waals surface area contributed by atoms with E-state index in [0.29, 0.717) is 71.3 Å². The first-order valence-electron chi connectivity index (χ1n) is 15.3. The van der Waals surface area contributed by atoms with Crippen molar-refractivity contribution in [1.29, 1.82) is 0 Å². The van der Waals surface area contributed by atoms with Crippen LogP contribution in [0.4, 0.5) is 0 Å². The molecule has 0 heterocycles. The number of halogens is 2. The van der Waals surface area contributed by atoms with Crippen LogP contribution in [0.1, 0.15) is 32.6 Å². The minimum absolute atomic E-state index is 0.309. The maximum Gasteiger partial charge on any atom is 0.155 e. The molecule has 242 valence electrons. The topological polar surface area (TPSA) is 54.0 Å². The second-order valence-electron chi connectivity index (χ2n) is 10.7. The highest BCUT2D eigenvalue weighted by molar-refractivity contribution is 6.33. The SMILES string of the molecule is Clc1cc(OCc2ccccc2)cc(OCc2ccccc2)c1.O=Cc1c(Cl)cc(OCc2ccccc2)cc1OCc1ccccc1. The number of carbonyl (C=O) groups is 1. The van der Waals surface area contributed by atoms with Crippen LogP contribution in [0.3, 0.4) is 0 Å². The lowest BCUT2D eigenvalue weighted by atomic mass is 10.2. The predicted molar refractivity (Wildman–Crippen MR) is 191 cm³/mol. The fourth-order valence-corrected chi connectivity index (χ4v) is 5.01. The molecule has 0 aliphatic carbocycles. The third kappa shape index (κ3) is 10.9. The van der Waals surface area contributed by atoms with Crippen LogP contribution in [0, 0.1) is 0 Å². The molecule has 0 radical (unpaired) electrons. The van der Waals surface area contributed by atoms with Crippen LogP contribution in [0.15, 0.2) is 152 Å². The Morgan fingerprint density at radius 2 is 0.792 bits per heavy atom. The van der Waals surface area contributed by atoms with Gasteiger partial charge in [-0.15, -0.1) is 0 Å². The molecule has 5 nitrogen and oxygen atoms in total. The number of hydrogen-bond donors (Lipinski definition) is 0. The third-order valence-corrected chi connectivity index (χ3v) is 7.54. The maximum absolute atomic E-state index is 11.3. The van der Waals surface area contributed by atoms with Gasteiger partial charge >= 0.3 is 0 Å². The molecule has 7 heteroatoms. The van der Waals surface area contributed by atoms with E-state index >= 15 is 0 Å². The van der Waals surface area contributed by atoms with Gasteiger partial charge in [0.15, 0.2) is 6.29 Å². The predicted octanol–water partition coefficient (Wildman–Crippen LogP) is 10.8. The average Bonchev–Trinajstić information content (AvgIpc) is 3.13. The highest BCUT2D eigenvalue weighted by atomic mass is 35.5.